The molecule has 6 heteroatoms. The number of nitrogens with zero attached hydrogens (tertiary/aromatic N) is 1. The molecule has 108 valence electrons. The summed E-state index contributed by atoms with van der Waals surface area (Å²) >= 11 is 3.32. The molecule has 1 aliphatic heterocycles. The summed E-state index contributed by atoms with van der Waals surface area (Å²) in [5.74, 6) is -0.797. The number of aliphatic carboxylic acids is 1. The number of piperidine rings is 1. The molecule has 0 bridgehead atoms. The van der Waals surface area contributed by atoms with Crippen molar-refractivity contribution in [1.82, 2.24) is 4.90 Å². The van der Waals surface area contributed by atoms with Crippen molar-refractivity contribution < 1.29 is 19.4 Å². The molecular weight excluding hydrogens is 326 g/mol. The lowest BCUT2D eigenvalue weighted by molar-refractivity contribution is -0.143. The van der Waals surface area contributed by atoms with Crippen molar-refractivity contribution >= 4 is 27.8 Å². The van der Waals surface area contributed by atoms with Crippen LogP contribution in [-0.2, 0) is 4.79 Å². The molecule has 1 aliphatic rings. The van der Waals surface area contributed by atoms with Gasteiger partial charge in [0.1, 0.15) is 11.8 Å². The van der Waals surface area contributed by atoms with Crippen LogP contribution in [0.4, 0.5) is 0 Å². The number of carboxylic acid groups (broad SMARTS) is 1. The predicted octanol–water partition coefficient (Wildman–Crippen LogP) is 2.54. The molecule has 1 aromatic carbocycles. The Labute approximate surface area is 125 Å². The quantitative estimate of drug-likeness (QED) is 0.917. The SMILES string of the molecule is COc1cc(Br)ccc1C(=O)N1CCCCC1C(=O)O. The zero-order valence-electron chi connectivity index (χ0n) is 11.1. The van der Waals surface area contributed by atoms with Crippen molar-refractivity contribution in [3.8, 4) is 5.75 Å². The second-order valence-corrected chi connectivity index (χ2v) is 5.61. The number of carboxylic acids is 1. The zero-order valence-corrected chi connectivity index (χ0v) is 12.7. The number of rotatable bonds is 3. The summed E-state index contributed by atoms with van der Waals surface area (Å²) in [7, 11) is 1.49. The van der Waals surface area contributed by atoms with Crippen LogP contribution >= 0.6 is 15.9 Å². The molecule has 0 spiro atoms. The first kappa shape index (κ1) is 14.8. The second-order valence-electron chi connectivity index (χ2n) is 4.69. The van der Waals surface area contributed by atoms with Crippen molar-refractivity contribution in [1.29, 1.82) is 0 Å². The normalized spacial score (nSPS) is 18.7. The topological polar surface area (TPSA) is 66.8 Å². The molecule has 1 N–H and O–H groups in total. The van der Waals surface area contributed by atoms with E-state index in [1.165, 1.54) is 12.0 Å². The summed E-state index contributed by atoms with van der Waals surface area (Å²) in [6.45, 7) is 0.467. The molecule has 1 saturated heterocycles. The lowest BCUT2D eigenvalue weighted by Gasteiger charge is -2.33. The molecule has 1 heterocycles. The van der Waals surface area contributed by atoms with Gasteiger partial charge in [0.25, 0.3) is 5.91 Å². The fourth-order valence-corrected chi connectivity index (χ4v) is 2.77. The summed E-state index contributed by atoms with van der Waals surface area (Å²) in [6, 6.07) is 4.35. The summed E-state index contributed by atoms with van der Waals surface area (Å²) in [4.78, 5) is 25.3. The Morgan fingerprint density at radius 1 is 1.40 bits per heavy atom. The molecule has 1 atom stereocenters. The van der Waals surface area contributed by atoms with E-state index in [-0.39, 0.29) is 5.91 Å². The zero-order chi connectivity index (χ0) is 14.7. The van der Waals surface area contributed by atoms with Crippen LogP contribution < -0.4 is 4.74 Å². The number of ether oxygens (including phenoxy) is 1. The van der Waals surface area contributed by atoms with Gasteiger partial charge in [-0.1, -0.05) is 15.9 Å². The average molecular weight is 342 g/mol. The molecule has 5 nitrogen and oxygen atoms in total. The first-order valence-corrected chi connectivity index (χ1v) is 7.21. The van der Waals surface area contributed by atoms with Crippen molar-refractivity contribution in [2.45, 2.75) is 25.3 Å². The summed E-state index contributed by atoms with van der Waals surface area (Å²) < 4.78 is 6.01. The smallest absolute Gasteiger partial charge is 0.326 e. The summed E-state index contributed by atoms with van der Waals surface area (Å²) in [6.07, 6.45) is 2.16. The number of benzene rings is 1. The van der Waals surface area contributed by atoms with E-state index in [2.05, 4.69) is 15.9 Å². The van der Waals surface area contributed by atoms with E-state index < -0.39 is 12.0 Å². The van der Waals surface area contributed by atoms with E-state index in [1.807, 2.05) is 0 Å². The molecule has 1 aromatic rings. The third kappa shape index (κ3) is 2.95. The number of hydrogen-bond acceptors (Lipinski definition) is 3. The third-order valence-electron chi connectivity index (χ3n) is 3.44. The van der Waals surface area contributed by atoms with Crippen molar-refractivity contribution in [2.75, 3.05) is 13.7 Å². The van der Waals surface area contributed by atoms with Crippen LogP contribution in [0.1, 0.15) is 29.6 Å². The van der Waals surface area contributed by atoms with Crippen molar-refractivity contribution in [3.63, 3.8) is 0 Å². The third-order valence-corrected chi connectivity index (χ3v) is 3.94. The highest BCUT2D eigenvalue weighted by molar-refractivity contribution is 9.10. The first-order valence-electron chi connectivity index (χ1n) is 6.42. The van der Waals surface area contributed by atoms with Crippen LogP contribution in [0.15, 0.2) is 22.7 Å². The van der Waals surface area contributed by atoms with Gasteiger partial charge in [-0.2, -0.15) is 0 Å². The molecule has 20 heavy (non-hydrogen) atoms. The van der Waals surface area contributed by atoms with Crippen LogP contribution in [-0.4, -0.2) is 41.6 Å². The van der Waals surface area contributed by atoms with E-state index in [1.54, 1.807) is 18.2 Å². The minimum absolute atomic E-state index is 0.290. The minimum atomic E-state index is -0.950. The Bertz CT molecular complexity index is 532. The Morgan fingerprint density at radius 3 is 2.80 bits per heavy atom. The van der Waals surface area contributed by atoms with E-state index in [0.29, 0.717) is 24.3 Å². The molecular formula is C14H16BrNO4. The molecule has 1 amide bonds. The highest BCUT2D eigenvalue weighted by Crippen LogP contribution is 2.27. The van der Waals surface area contributed by atoms with Crippen LogP contribution in [0.25, 0.3) is 0 Å². The van der Waals surface area contributed by atoms with Crippen LogP contribution in [0.5, 0.6) is 5.75 Å². The Kier molecular flexibility index (Phi) is 4.65. The molecule has 0 aromatic heterocycles. The van der Waals surface area contributed by atoms with Crippen LogP contribution in [0.2, 0.25) is 0 Å². The van der Waals surface area contributed by atoms with Gasteiger partial charge >= 0.3 is 5.97 Å². The van der Waals surface area contributed by atoms with E-state index in [0.717, 1.165) is 17.3 Å². The minimum Gasteiger partial charge on any atom is -0.496 e. The van der Waals surface area contributed by atoms with Crippen LogP contribution in [0.3, 0.4) is 0 Å². The van der Waals surface area contributed by atoms with E-state index in [4.69, 9.17) is 4.74 Å². The van der Waals surface area contributed by atoms with Crippen molar-refractivity contribution in [2.24, 2.45) is 0 Å². The van der Waals surface area contributed by atoms with Gasteiger partial charge in [0.15, 0.2) is 0 Å². The van der Waals surface area contributed by atoms with Gasteiger partial charge in [-0.05, 0) is 37.5 Å². The summed E-state index contributed by atoms with van der Waals surface area (Å²) in [5.41, 5.74) is 0.392. The Hall–Kier alpha value is -1.56. The van der Waals surface area contributed by atoms with Crippen LogP contribution in [0, 0.1) is 0 Å². The largest absolute Gasteiger partial charge is 0.496 e. The maximum atomic E-state index is 12.6. The number of likely N-dealkylation sites (tertiary alicyclic amines) is 1. The summed E-state index contributed by atoms with van der Waals surface area (Å²) in [5, 5.41) is 9.24. The predicted molar refractivity (Wildman–Crippen MR) is 77.0 cm³/mol. The number of halogens is 1. The Morgan fingerprint density at radius 2 is 2.15 bits per heavy atom. The standard InChI is InChI=1S/C14H16BrNO4/c1-20-12-8-9(15)5-6-10(12)13(17)16-7-3-2-4-11(16)14(18)19/h5-6,8,11H,2-4,7H2,1H3,(H,18,19). The van der Waals surface area contributed by atoms with Gasteiger partial charge in [0, 0.05) is 11.0 Å². The van der Waals surface area contributed by atoms with Gasteiger partial charge < -0.3 is 14.7 Å². The van der Waals surface area contributed by atoms with E-state index >= 15 is 0 Å². The maximum Gasteiger partial charge on any atom is 0.326 e. The highest BCUT2D eigenvalue weighted by atomic mass is 79.9. The first-order chi connectivity index (χ1) is 9.54. The van der Waals surface area contributed by atoms with Gasteiger partial charge in [-0.15, -0.1) is 0 Å². The van der Waals surface area contributed by atoms with Gasteiger partial charge in [-0.25, -0.2) is 4.79 Å². The molecule has 0 saturated carbocycles. The monoisotopic (exact) mass is 341 g/mol. The van der Waals surface area contributed by atoms with Gasteiger partial charge in [0.2, 0.25) is 0 Å². The molecule has 1 fully saturated rings. The number of carbonyl (C=O) groups excluding carboxylic acids is 1. The maximum absolute atomic E-state index is 12.6. The molecule has 0 aliphatic carbocycles. The number of hydrogen-bond donors (Lipinski definition) is 1. The van der Waals surface area contributed by atoms with E-state index in [9.17, 15) is 14.7 Å². The average Bonchev–Trinajstić information content (AvgIpc) is 2.46. The number of amides is 1. The number of carbonyl (C=O) groups is 2. The van der Waals surface area contributed by atoms with Gasteiger partial charge in [-0.3, -0.25) is 4.79 Å². The highest BCUT2D eigenvalue weighted by Gasteiger charge is 2.33. The second kappa shape index (κ2) is 6.26. The van der Waals surface area contributed by atoms with Crippen molar-refractivity contribution in [3.05, 3.63) is 28.2 Å². The molecule has 2 rings (SSSR count). The fourth-order valence-electron chi connectivity index (χ4n) is 2.43. The number of methoxy groups -OCH3 is 1. The molecule has 0 radical (unpaired) electrons. The Balaban J connectivity index is 2.32. The fraction of sp³-hybridized carbons (Fsp3) is 0.429. The lowest BCUT2D eigenvalue weighted by atomic mass is 10.0. The molecule has 1 unspecified atom stereocenters. The van der Waals surface area contributed by atoms with Gasteiger partial charge in [0.05, 0.1) is 12.7 Å². The lowest BCUT2D eigenvalue weighted by Crippen LogP contribution is -2.48.